The molecule has 3 rings (SSSR count). The third kappa shape index (κ3) is 3.25. The first-order valence-corrected chi connectivity index (χ1v) is 8.29. The number of methoxy groups -OCH3 is 1. The summed E-state index contributed by atoms with van der Waals surface area (Å²) in [6.45, 7) is 0.483. The van der Waals surface area contributed by atoms with E-state index in [1.165, 1.54) is 5.56 Å². The first kappa shape index (κ1) is 14.9. The number of carbonyl (C=O) groups excluding carboxylic acids is 1. The second-order valence-corrected chi connectivity index (χ2v) is 6.34. The normalized spacial score (nSPS) is 16.7. The van der Waals surface area contributed by atoms with Crippen molar-refractivity contribution in [3.63, 3.8) is 0 Å². The molecule has 1 amide bonds. The van der Waals surface area contributed by atoms with Crippen molar-refractivity contribution in [1.82, 2.24) is 10.3 Å². The fourth-order valence-corrected chi connectivity index (χ4v) is 3.78. The number of hydrogen-bond donors (Lipinski definition) is 1. The number of aromatic nitrogens is 1. The van der Waals surface area contributed by atoms with Crippen LogP contribution in [0.15, 0.2) is 42.6 Å². The van der Waals surface area contributed by atoms with Crippen LogP contribution in [0.5, 0.6) is 5.88 Å². The van der Waals surface area contributed by atoms with Crippen molar-refractivity contribution in [2.75, 3.05) is 12.9 Å². The molecule has 1 atom stereocenters. The van der Waals surface area contributed by atoms with Gasteiger partial charge in [-0.15, -0.1) is 11.8 Å². The largest absolute Gasteiger partial charge is 0.481 e. The lowest BCUT2D eigenvalue weighted by molar-refractivity contribution is -0.120. The molecule has 2 aromatic rings. The summed E-state index contributed by atoms with van der Waals surface area (Å²) < 4.78 is 5.10. The quantitative estimate of drug-likeness (QED) is 0.943. The van der Waals surface area contributed by atoms with E-state index in [2.05, 4.69) is 22.4 Å². The Morgan fingerprint density at radius 1 is 1.41 bits per heavy atom. The molecule has 0 saturated carbocycles. The molecule has 1 unspecified atom stereocenters. The number of thioether (sulfide) groups is 1. The number of nitrogens with one attached hydrogen (secondary N) is 1. The van der Waals surface area contributed by atoms with Gasteiger partial charge in [-0.1, -0.05) is 24.3 Å². The van der Waals surface area contributed by atoms with E-state index in [-0.39, 0.29) is 11.2 Å². The van der Waals surface area contributed by atoms with Crippen molar-refractivity contribution < 1.29 is 9.53 Å². The monoisotopic (exact) mass is 314 g/mol. The maximum Gasteiger partial charge on any atom is 0.237 e. The molecule has 1 aliphatic rings. The van der Waals surface area contributed by atoms with Crippen LogP contribution in [0.3, 0.4) is 0 Å². The second kappa shape index (κ2) is 6.83. The molecule has 114 valence electrons. The van der Waals surface area contributed by atoms with Crippen molar-refractivity contribution in [2.45, 2.75) is 18.2 Å². The molecule has 0 fully saturated rings. The van der Waals surface area contributed by atoms with Crippen LogP contribution in [0.4, 0.5) is 0 Å². The van der Waals surface area contributed by atoms with E-state index >= 15 is 0 Å². The van der Waals surface area contributed by atoms with Gasteiger partial charge in [0.1, 0.15) is 5.25 Å². The molecule has 1 aromatic carbocycles. The van der Waals surface area contributed by atoms with Gasteiger partial charge < -0.3 is 10.1 Å². The smallest absolute Gasteiger partial charge is 0.237 e. The van der Waals surface area contributed by atoms with Gasteiger partial charge in [0.25, 0.3) is 0 Å². The van der Waals surface area contributed by atoms with Crippen LogP contribution in [0.2, 0.25) is 0 Å². The van der Waals surface area contributed by atoms with Crippen LogP contribution in [0.1, 0.15) is 21.9 Å². The van der Waals surface area contributed by atoms with Crippen LogP contribution < -0.4 is 10.1 Å². The van der Waals surface area contributed by atoms with Gasteiger partial charge >= 0.3 is 0 Å². The predicted molar refractivity (Wildman–Crippen MR) is 88.0 cm³/mol. The molecule has 0 aliphatic carbocycles. The van der Waals surface area contributed by atoms with Gasteiger partial charge in [-0.05, 0) is 34.9 Å². The molecule has 0 radical (unpaired) electrons. The highest BCUT2D eigenvalue weighted by Crippen LogP contribution is 2.36. The van der Waals surface area contributed by atoms with E-state index in [1.54, 1.807) is 25.1 Å². The molecule has 4 nitrogen and oxygen atoms in total. The fourth-order valence-electron chi connectivity index (χ4n) is 2.56. The molecule has 22 heavy (non-hydrogen) atoms. The van der Waals surface area contributed by atoms with E-state index in [4.69, 9.17) is 4.74 Å². The van der Waals surface area contributed by atoms with Crippen LogP contribution in [-0.4, -0.2) is 23.8 Å². The Morgan fingerprint density at radius 3 is 3.14 bits per heavy atom. The van der Waals surface area contributed by atoms with Gasteiger partial charge in [0, 0.05) is 18.8 Å². The Balaban J connectivity index is 1.68. The first-order chi connectivity index (χ1) is 10.8. The second-order valence-electron chi connectivity index (χ2n) is 5.12. The lowest BCUT2D eigenvalue weighted by atomic mass is 10.0. The van der Waals surface area contributed by atoms with E-state index < -0.39 is 0 Å². The summed E-state index contributed by atoms with van der Waals surface area (Å²) in [7, 11) is 1.58. The summed E-state index contributed by atoms with van der Waals surface area (Å²) in [4.78, 5) is 16.6. The number of aryl methyl sites for hydroxylation is 1. The highest BCUT2D eigenvalue weighted by molar-refractivity contribution is 8.00. The third-order valence-electron chi connectivity index (χ3n) is 3.71. The van der Waals surface area contributed by atoms with Crippen molar-refractivity contribution in [1.29, 1.82) is 0 Å². The van der Waals surface area contributed by atoms with Gasteiger partial charge in [-0.3, -0.25) is 4.79 Å². The molecular weight excluding hydrogens is 296 g/mol. The topological polar surface area (TPSA) is 51.2 Å². The van der Waals surface area contributed by atoms with Gasteiger partial charge in [-0.25, -0.2) is 4.98 Å². The van der Waals surface area contributed by atoms with E-state index in [0.717, 1.165) is 23.3 Å². The number of pyridine rings is 1. The molecule has 0 saturated heterocycles. The molecule has 1 aliphatic heterocycles. The Morgan fingerprint density at radius 2 is 2.27 bits per heavy atom. The number of carbonyl (C=O) groups is 1. The molecule has 2 heterocycles. The standard InChI is InChI=1S/C17H18N2O2S/c1-21-15-10-12(6-8-18-15)11-19-17(20)16-14-5-3-2-4-13(14)7-9-22-16/h2-6,8,10,16H,7,9,11H2,1H3,(H,19,20). The Bertz CT molecular complexity index is 675. The van der Waals surface area contributed by atoms with Crippen molar-refractivity contribution in [3.05, 3.63) is 59.3 Å². The average Bonchev–Trinajstić information content (AvgIpc) is 2.59. The first-order valence-electron chi connectivity index (χ1n) is 7.24. The van der Waals surface area contributed by atoms with Gasteiger partial charge in [0.15, 0.2) is 0 Å². The highest BCUT2D eigenvalue weighted by atomic mass is 32.2. The molecule has 5 heteroatoms. The maximum absolute atomic E-state index is 12.5. The molecular formula is C17H18N2O2S. The minimum Gasteiger partial charge on any atom is -0.481 e. The summed E-state index contributed by atoms with van der Waals surface area (Å²) >= 11 is 1.71. The lowest BCUT2D eigenvalue weighted by Crippen LogP contribution is -2.29. The molecule has 0 bridgehead atoms. The fraction of sp³-hybridized carbons (Fsp3) is 0.294. The Hall–Kier alpha value is -2.01. The Kier molecular flexibility index (Phi) is 4.63. The van der Waals surface area contributed by atoms with Crippen LogP contribution in [0, 0.1) is 0 Å². The van der Waals surface area contributed by atoms with Gasteiger partial charge in [0.2, 0.25) is 11.8 Å². The van der Waals surface area contributed by atoms with E-state index in [9.17, 15) is 4.79 Å². The summed E-state index contributed by atoms with van der Waals surface area (Å²) in [5.41, 5.74) is 3.41. The summed E-state index contributed by atoms with van der Waals surface area (Å²) in [5, 5.41) is 2.90. The van der Waals surface area contributed by atoms with Crippen LogP contribution in [0.25, 0.3) is 0 Å². The van der Waals surface area contributed by atoms with Crippen molar-refractivity contribution in [3.8, 4) is 5.88 Å². The van der Waals surface area contributed by atoms with Gasteiger partial charge in [0.05, 0.1) is 7.11 Å². The van der Waals surface area contributed by atoms with Crippen molar-refractivity contribution >= 4 is 17.7 Å². The molecule has 1 N–H and O–H groups in total. The number of nitrogens with zero attached hydrogens (tertiary/aromatic N) is 1. The summed E-state index contributed by atoms with van der Waals surface area (Å²) in [5.74, 6) is 1.61. The summed E-state index contributed by atoms with van der Waals surface area (Å²) in [6, 6.07) is 11.9. The number of rotatable bonds is 4. The lowest BCUT2D eigenvalue weighted by Gasteiger charge is -2.24. The highest BCUT2D eigenvalue weighted by Gasteiger charge is 2.26. The zero-order valence-corrected chi connectivity index (χ0v) is 13.2. The minimum absolute atomic E-state index is 0.0629. The SMILES string of the molecule is COc1cc(CNC(=O)C2SCCc3ccccc32)ccn1. The minimum atomic E-state index is -0.117. The predicted octanol–water partition coefficient (Wildman–Crippen LogP) is 2.74. The van der Waals surface area contributed by atoms with E-state index in [1.807, 2.05) is 24.3 Å². The molecule has 0 spiro atoms. The number of hydrogen-bond acceptors (Lipinski definition) is 4. The number of ether oxygens (including phenoxy) is 1. The zero-order chi connectivity index (χ0) is 15.4. The average molecular weight is 314 g/mol. The maximum atomic E-state index is 12.5. The van der Waals surface area contributed by atoms with Crippen LogP contribution in [-0.2, 0) is 17.8 Å². The zero-order valence-electron chi connectivity index (χ0n) is 12.4. The number of fused-ring (bicyclic) bond motifs is 1. The summed E-state index contributed by atoms with van der Waals surface area (Å²) in [6.07, 6.45) is 2.72. The van der Waals surface area contributed by atoms with E-state index in [0.29, 0.717) is 12.4 Å². The van der Waals surface area contributed by atoms with Crippen molar-refractivity contribution in [2.24, 2.45) is 0 Å². The van der Waals surface area contributed by atoms with Crippen LogP contribution >= 0.6 is 11.8 Å². The number of amides is 1. The Labute approximate surface area is 134 Å². The number of benzene rings is 1. The van der Waals surface area contributed by atoms with Gasteiger partial charge in [-0.2, -0.15) is 0 Å². The molecule has 1 aromatic heterocycles. The third-order valence-corrected chi connectivity index (χ3v) is 4.95.